The number of carboxylic acids is 1. The van der Waals surface area contributed by atoms with Gasteiger partial charge in [0.25, 0.3) is 0 Å². The minimum absolute atomic E-state index is 0.00415. The van der Waals surface area contributed by atoms with Gasteiger partial charge in [0.05, 0.1) is 17.0 Å². The SMILES string of the molecule is CCS(=O)(=O)N(C)c1ccc(C(=O)O)cc1. The van der Waals surface area contributed by atoms with Gasteiger partial charge in [0.2, 0.25) is 10.0 Å². The Morgan fingerprint density at radius 3 is 2.19 bits per heavy atom. The second-order valence-electron chi connectivity index (χ2n) is 3.22. The highest BCUT2D eigenvalue weighted by Crippen LogP contribution is 2.17. The third-order valence-corrected chi connectivity index (χ3v) is 4.03. The van der Waals surface area contributed by atoms with Gasteiger partial charge < -0.3 is 5.11 Å². The fraction of sp³-hybridized carbons (Fsp3) is 0.300. The van der Waals surface area contributed by atoms with Gasteiger partial charge in [-0.15, -0.1) is 0 Å². The minimum atomic E-state index is -3.30. The molecule has 0 atom stereocenters. The summed E-state index contributed by atoms with van der Waals surface area (Å²) in [7, 11) is -1.86. The smallest absolute Gasteiger partial charge is 0.335 e. The molecule has 1 N–H and O–H groups in total. The average molecular weight is 243 g/mol. The maximum atomic E-state index is 11.5. The molecule has 1 aromatic rings. The summed E-state index contributed by atoms with van der Waals surface area (Å²) >= 11 is 0. The number of hydrogen-bond donors (Lipinski definition) is 1. The molecule has 1 rings (SSSR count). The molecule has 16 heavy (non-hydrogen) atoms. The summed E-state index contributed by atoms with van der Waals surface area (Å²) in [4.78, 5) is 10.6. The molecule has 0 saturated carbocycles. The maximum Gasteiger partial charge on any atom is 0.335 e. The van der Waals surface area contributed by atoms with E-state index in [4.69, 9.17) is 5.11 Å². The molecule has 0 aliphatic carbocycles. The van der Waals surface area contributed by atoms with Crippen LogP contribution in [0.5, 0.6) is 0 Å². The first kappa shape index (κ1) is 12.5. The Morgan fingerprint density at radius 1 is 1.31 bits per heavy atom. The molecule has 0 radical (unpaired) electrons. The van der Waals surface area contributed by atoms with E-state index in [0.717, 1.165) is 4.31 Å². The quantitative estimate of drug-likeness (QED) is 0.861. The minimum Gasteiger partial charge on any atom is -0.478 e. The van der Waals surface area contributed by atoms with E-state index in [2.05, 4.69) is 0 Å². The Labute approximate surface area is 94.4 Å². The highest BCUT2D eigenvalue weighted by atomic mass is 32.2. The first-order valence-corrected chi connectivity index (χ1v) is 6.29. The van der Waals surface area contributed by atoms with Gasteiger partial charge in [0.15, 0.2) is 0 Å². The van der Waals surface area contributed by atoms with Gasteiger partial charge >= 0.3 is 5.97 Å². The lowest BCUT2D eigenvalue weighted by Gasteiger charge is -2.18. The number of benzene rings is 1. The molecule has 5 nitrogen and oxygen atoms in total. The summed E-state index contributed by atoms with van der Waals surface area (Å²) in [5.41, 5.74) is 0.581. The molecule has 0 saturated heterocycles. The Hall–Kier alpha value is -1.56. The zero-order valence-electron chi connectivity index (χ0n) is 9.04. The predicted octanol–water partition coefficient (Wildman–Crippen LogP) is 1.17. The molecular weight excluding hydrogens is 230 g/mol. The normalized spacial score (nSPS) is 11.1. The zero-order chi connectivity index (χ0) is 12.3. The molecule has 1 aromatic carbocycles. The van der Waals surface area contributed by atoms with Crippen LogP contribution in [0.15, 0.2) is 24.3 Å². The molecule has 0 aliphatic heterocycles. The molecule has 0 bridgehead atoms. The highest BCUT2D eigenvalue weighted by molar-refractivity contribution is 7.92. The lowest BCUT2D eigenvalue weighted by Crippen LogP contribution is -2.27. The topological polar surface area (TPSA) is 74.7 Å². The molecular formula is C10H13NO4S. The average Bonchev–Trinajstić information content (AvgIpc) is 2.28. The lowest BCUT2D eigenvalue weighted by molar-refractivity contribution is 0.0697. The van der Waals surface area contributed by atoms with E-state index in [1.54, 1.807) is 6.92 Å². The van der Waals surface area contributed by atoms with Crippen LogP contribution in [0.3, 0.4) is 0 Å². The van der Waals surface area contributed by atoms with Crippen LogP contribution in [-0.4, -0.2) is 32.3 Å². The van der Waals surface area contributed by atoms with E-state index in [1.165, 1.54) is 31.3 Å². The molecule has 0 spiro atoms. The van der Waals surface area contributed by atoms with Crippen LogP contribution >= 0.6 is 0 Å². The van der Waals surface area contributed by atoms with Gasteiger partial charge in [0.1, 0.15) is 0 Å². The number of aromatic carboxylic acids is 1. The monoisotopic (exact) mass is 243 g/mol. The van der Waals surface area contributed by atoms with Gasteiger partial charge in [-0.05, 0) is 31.2 Å². The van der Waals surface area contributed by atoms with Crippen LogP contribution in [0.25, 0.3) is 0 Å². The third-order valence-electron chi connectivity index (χ3n) is 2.26. The Balaban J connectivity index is 3.03. The van der Waals surface area contributed by atoms with Crippen molar-refractivity contribution in [3.05, 3.63) is 29.8 Å². The molecule has 0 amide bonds. The van der Waals surface area contributed by atoms with Gasteiger partial charge in [-0.25, -0.2) is 13.2 Å². The van der Waals surface area contributed by atoms with Crippen molar-refractivity contribution in [1.82, 2.24) is 0 Å². The molecule has 88 valence electrons. The molecule has 0 unspecified atom stereocenters. The van der Waals surface area contributed by atoms with E-state index in [1.807, 2.05) is 0 Å². The van der Waals surface area contributed by atoms with E-state index in [9.17, 15) is 13.2 Å². The first-order chi connectivity index (χ1) is 7.38. The van der Waals surface area contributed by atoms with Gasteiger partial charge in [-0.1, -0.05) is 0 Å². The van der Waals surface area contributed by atoms with Crippen molar-refractivity contribution in [1.29, 1.82) is 0 Å². The highest BCUT2D eigenvalue weighted by Gasteiger charge is 2.15. The second kappa shape index (κ2) is 4.52. The second-order valence-corrected chi connectivity index (χ2v) is 5.51. The Morgan fingerprint density at radius 2 is 1.81 bits per heavy atom. The fourth-order valence-electron chi connectivity index (χ4n) is 1.17. The third kappa shape index (κ3) is 2.52. The first-order valence-electron chi connectivity index (χ1n) is 4.68. The molecule has 6 heteroatoms. The number of anilines is 1. The van der Waals surface area contributed by atoms with Gasteiger partial charge in [0, 0.05) is 7.05 Å². The van der Waals surface area contributed by atoms with E-state index in [0.29, 0.717) is 5.69 Å². The summed E-state index contributed by atoms with van der Waals surface area (Å²) in [5, 5.41) is 8.69. The van der Waals surface area contributed by atoms with Crippen molar-refractivity contribution in [2.75, 3.05) is 17.1 Å². The van der Waals surface area contributed by atoms with Crippen LogP contribution in [0, 0.1) is 0 Å². The van der Waals surface area contributed by atoms with Crippen LogP contribution in [0.2, 0.25) is 0 Å². The number of rotatable bonds is 4. The lowest BCUT2D eigenvalue weighted by atomic mass is 10.2. The standard InChI is InChI=1S/C10H13NO4S/c1-3-16(14,15)11(2)9-6-4-8(5-7-9)10(12)13/h4-7H,3H2,1-2H3,(H,12,13). The predicted molar refractivity (Wildman–Crippen MR) is 61.3 cm³/mol. The van der Waals surface area contributed by atoms with Crippen molar-refractivity contribution in [2.24, 2.45) is 0 Å². The summed E-state index contributed by atoms with van der Waals surface area (Å²) in [6.07, 6.45) is 0. The summed E-state index contributed by atoms with van der Waals surface area (Å²) < 4.78 is 24.2. The Bertz CT molecular complexity index is 478. The molecule has 0 aromatic heterocycles. The fourth-order valence-corrected chi connectivity index (χ4v) is 2.00. The van der Waals surface area contributed by atoms with E-state index < -0.39 is 16.0 Å². The summed E-state index contributed by atoms with van der Waals surface area (Å²) in [5.74, 6) is -1.03. The van der Waals surface area contributed by atoms with Gasteiger partial charge in [-0.3, -0.25) is 4.31 Å². The summed E-state index contributed by atoms with van der Waals surface area (Å²) in [6, 6.07) is 5.69. The maximum absolute atomic E-state index is 11.5. The number of hydrogen-bond acceptors (Lipinski definition) is 3. The van der Waals surface area contributed by atoms with Crippen LogP contribution in [0.4, 0.5) is 5.69 Å². The van der Waals surface area contributed by atoms with Crippen molar-refractivity contribution >= 4 is 21.7 Å². The van der Waals surface area contributed by atoms with Gasteiger partial charge in [-0.2, -0.15) is 0 Å². The van der Waals surface area contributed by atoms with Crippen molar-refractivity contribution in [3.63, 3.8) is 0 Å². The van der Waals surface area contributed by atoms with Crippen LogP contribution < -0.4 is 4.31 Å². The van der Waals surface area contributed by atoms with E-state index >= 15 is 0 Å². The van der Waals surface area contributed by atoms with Crippen molar-refractivity contribution in [3.8, 4) is 0 Å². The molecule has 0 fully saturated rings. The van der Waals surface area contributed by atoms with Crippen molar-refractivity contribution in [2.45, 2.75) is 6.92 Å². The van der Waals surface area contributed by atoms with Crippen LogP contribution in [0.1, 0.15) is 17.3 Å². The zero-order valence-corrected chi connectivity index (χ0v) is 9.86. The number of nitrogens with zero attached hydrogens (tertiary/aromatic N) is 1. The van der Waals surface area contributed by atoms with E-state index in [-0.39, 0.29) is 11.3 Å². The largest absolute Gasteiger partial charge is 0.478 e. The number of carboxylic acid groups (broad SMARTS) is 1. The molecule has 0 heterocycles. The molecule has 0 aliphatic rings. The summed E-state index contributed by atoms with van der Waals surface area (Å²) in [6.45, 7) is 1.55. The Kier molecular flexibility index (Phi) is 3.54. The van der Waals surface area contributed by atoms with Crippen molar-refractivity contribution < 1.29 is 18.3 Å². The van der Waals surface area contributed by atoms with Crippen LogP contribution in [-0.2, 0) is 10.0 Å². The number of carbonyl (C=O) groups is 1. The number of sulfonamides is 1.